The predicted molar refractivity (Wildman–Crippen MR) is 54.9 cm³/mol. The second-order valence-corrected chi connectivity index (χ2v) is 4.79. The van der Waals surface area contributed by atoms with Crippen LogP contribution in [0, 0.1) is 5.41 Å². The van der Waals surface area contributed by atoms with Crippen molar-refractivity contribution in [2.75, 3.05) is 7.05 Å². The molecule has 14 heavy (non-hydrogen) atoms. The third-order valence-electron chi connectivity index (χ3n) is 1.99. The molecular formula is C10H19N3O. The zero-order valence-electron chi connectivity index (χ0n) is 9.59. The number of nitrogens with zero attached hydrogens (tertiary/aromatic N) is 2. The van der Waals surface area contributed by atoms with Gasteiger partial charge in [-0.25, -0.2) is 0 Å². The quantitative estimate of drug-likeness (QED) is 0.804. The van der Waals surface area contributed by atoms with Gasteiger partial charge >= 0.3 is 0 Å². The molecule has 0 aliphatic carbocycles. The average molecular weight is 197 g/mol. The summed E-state index contributed by atoms with van der Waals surface area (Å²) in [5, 5.41) is 6.99. The molecule has 0 aromatic carbocycles. The Morgan fingerprint density at radius 2 is 2.07 bits per heavy atom. The van der Waals surface area contributed by atoms with Crippen LogP contribution in [0.15, 0.2) is 4.52 Å². The molecule has 1 aromatic heterocycles. The molecule has 80 valence electrons. The monoisotopic (exact) mass is 197 g/mol. The number of rotatable bonds is 3. The molecule has 0 saturated heterocycles. The molecule has 0 bridgehead atoms. The van der Waals surface area contributed by atoms with Crippen LogP contribution < -0.4 is 5.32 Å². The van der Waals surface area contributed by atoms with Gasteiger partial charge in [0.05, 0.1) is 6.04 Å². The smallest absolute Gasteiger partial charge is 0.227 e. The zero-order chi connectivity index (χ0) is 10.8. The standard InChI is InChI=1S/C10H19N3O/c1-7(11-5)9-12-8(14-13-9)6-10(2,3)4/h7,11H,6H2,1-5H3. The first-order valence-electron chi connectivity index (χ1n) is 4.92. The Morgan fingerprint density at radius 1 is 1.43 bits per heavy atom. The minimum Gasteiger partial charge on any atom is -0.339 e. The van der Waals surface area contributed by atoms with Gasteiger partial charge in [0, 0.05) is 6.42 Å². The molecule has 0 radical (unpaired) electrons. The number of hydrogen-bond acceptors (Lipinski definition) is 4. The Bertz CT molecular complexity index is 288. The Hall–Kier alpha value is -0.900. The van der Waals surface area contributed by atoms with E-state index >= 15 is 0 Å². The van der Waals surface area contributed by atoms with Crippen LogP contribution in [0.4, 0.5) is 0 Å². The Morgan fingerprint density at radius 3 is 2.57 bits per heavy atom. The first-order chi connectivity index (χ1) is 6.42. The van der Waals surface area contributed by atoms with Crippen molar-refractivity contribution in [3.8, 4) is 0 Å². The lowest BCUT2D eigenvalue weighted by Crippen LogP contribution is -2.14. The van der Waals surface area contributed by atoms with Crippen LogP contribution in [-0.2, 0) is 6.42 Å². The van der Waals surface area contributed by atoms with E-state index < -0.39 is 0 Å². The third kappa shape index (κ3) is 3.10. The van der Waals surface area contributed by atoms with Gasteiger partial charge < -0.3 is 9.84 Å². The molecule has 0 aliphatic heterocycles. The Balaban J connectivity index is 2.69. The molecule has 4 heteroatoms. The SMILES string of the molecule is CNC(C)c1noc(CC(C)(C)C)n1. The summed E-state index contributed by atoms with van der Waals surface area (Å²) in [6, 6.07) is 0.146. The van der Waals surface area contributed by atoms with Crippen molar-refractivity contribution in [2.24, 2.45) is 5.41 Å². The molecule has 0 saturated carbocycles. The van der Waals surface area contributed by atoms with Gasteiger partial charge in [-0.3, -0.25) is 0 Å². The Kier molecular flexibility index (Phi) is 3.26. The summed E-state index contributed by atoms with van der Waals surface area (Å²) >= 11 is 0. The van der Waals surface area contributed by atoms with Gasteiger partial charge in [-0.1, -0.05) is 25.9 Å². The zero-order valence-corrected chi connectivity index (χ0v) is 9.59. The fraction of sp³-hybridized carbons (Fsp3) is 0.800. The molecule has 4 nitrogen and oxygen atoms in total. The molecule has 0 aliphatic rings. The highest BCUT2D eigenvalue weighted by Crippen LogP contribution is 2.20. The maximum absolute atomic E-state index is 5.16. The lowest BCUT2D eigenvalue weighted by atomic mass is 9.92. The highest BCUT2D eigenvalue weighted by atomic mass is 16.5. The molecule has 1 unspecified atom stereocenters. The predicted octanol–water partition coefficient (Wildman–Crippen LogP) is 1.94. The number of nitrogens with one attached hydrogen (secondary N) is 1. The van der Waals surface area contributed by atoms with E-state index in [1.165, 1.54) is 0 Å². The molecule has 1 aromatic rings. The maximum Gasteiger partial charge on any atom is 0.227 e. The summed E-state index contributed by atoms with van der Waals surface area (Å²) in [5.74, 6) is 1.45. The van der Waals surface area contributed by atoms with Crippen molar-refractivity contribution in [3.63, 3.8) is 0 Å². The molecular weight excluding hydrogens is 178 g/mol. The van der Waals surface area contributed by atoms with Crippen molar-refractivity contribution in [2.45, 2.75) is 40.2 Å². The molecule has 1 rings (SSSR count). The van der Waals surface area contributed by atoms with Crippen LogP contribution in [0.3, 0.4) is 0 Å². The summed E-state index contributed by atoms with van der Waals surface area (Å²) in [7, 11) is 1.88. The number of hydrogen-bond donors (Lipinski definition) is 1. The van der Waals surface area contributed by atoms with Crippen LogP contribution in [0.25, 0.3) is 0 Å². The van der Waals surface area contributed by atoms with Gasteiger partial charge in [0.1, 0.15) is 0 Å². The van der Waals surface area contributed by atoms with Crippen molar-refractivity contribution < 1.29 is 4.52 Å². The largest absolute Gasteiger partial charge is 0.339 e. The minimum atomic E-state index is 0.146. The van der Waals surface area contributed by atoms with E-state index in [0.29, 0.717) is 0 Å². The molecule has 1 N–H and O–H groups in total. The van der Waals surface area contributed by atoms with Gasteiger partial charge in [-0.05, 0) is 19.4 Å². The first kappa shape index (κ1) is 11.2. The van der Waals surface area contributed by atoms with Crippen LogP contribution in [0.2, 0.25) is 0 Å². The first-order valence-corrected chi connectivity index (χ1v) is 4.92. The van der Waals surface area contributed by atoms with Crippen LogP contribution in [0.1, 0.15) is 45.5 Å². The van der Waals surface area contributed by atoms with Gasteiger partial charge in [0.2, 0.25) is 5.89 Å². The summed E-state index contributed by atoms with van der Waals surface area (Å²) < 4.78 is 5.16. The van der Waals surface area contributed by atoms with E-state index in [-0.39, 0.29) is 11.5 Å². The van der Waals surface area contributed by atoms with Gasteiger partial charge in [-0.15, -0.1) is 0 Å². The maximum atomic E-state index is 5.16. The minimum absolute atomic E-state index is 0.146. The van der Waals surface area contributed by atoms with E-state index in [9.17, 15) is 0 Å². The van der Waals surface area contributed by atoms with E-state index in [4.69, 9.17) is 4.52 Å². The fourth-order valence-corrected chi connectivity index (χ4v) is 1.10. The summed E-state index contributed by atoms with van der Waals surface area (Å²) in [6.07, 6.45) is 0.816. The lowest BCUT2D eigenvalue weighted by Gasteiger charge is -2.13. The van der Waals surface area contributed by atoms with Crippen molar-refractivity contribution >= 4 is 0 Å². The molecule has 1 heterocycles. The summed E-state index contributed by atoms with van der Waals surface area (Å²) in [6.45, 7) is 8.46. The summed E-state index contributed by atoms with van der Waals surface area (Å²) in [5.41, 5.74) is 0.187. The third-order valence-corrected chi connectivity index (χ3v) is 1.99. The molecule has 0 spiro atoms. The van der Waals surface area contributed by atoms with E-state index in [1.807, 2.05) is 14.0 Å². The van der Waals surface area contributed by atoms with Gasteiger partial charge in [0.25, 0.3) is 0 Å². The molecule has 0 fully saturated rings. The van der Waals surface area contributed by atoms with Crippen LogP contribution >= 0.6 is 0 Å². The Labute approximate surface area is 85.1 Å². The average Bonchev–Trinajstić information content (AvgIpc) is 2.48. The van der Waals surface area contributed by atoms with Crippen LogP contribution in [-0.4, -0.2) is 17.2 Å². The van der Waals surface area contributed by atoms with Crippen LogP contribution in [0.5, 0.6) is 0 Å². The molecule has 0 amide bonds. The topological polar surface area (TPSA) is 51.0 Å². The fourth-order valence-electron chi connectivity index (χ4n) is 1.10. The number of aromatic nitrogens is 2. The van der Waals surface area contributed by atoms with Crippen molar-refractivity contribution in [1.29, 1.82) is 0 Å². The van der Waals surface area contributed by atoms with E-state index in [0.717, 1.165) is 18.1 Å². The normalized spacial score (nSPS) is 14.4. The summed E-state index contributed by atoms with van der Waals surface area (Å²) in [4.78, 5) is 4.33. The van der Waals surface area contributed by atoms with Crippen molar-refractivity contribution in [3.05, 3.63) is 11.7 Å². The second-order valence-electron chi connectivity index (χ2n) is 4.79. The van der Waals surface area contributed by atoms with E-state index in [2.05, 4.69) is 36.2 Å². The second kappa shape index (κ2) is 4.09. The van der Waals surface area contributed by atoms with E-state index in [1.54, 1.807) is 0 Å². The van der Waals surface area contributed by atoms with Gasteiger partial charge in [-0.2, -0.15) is 4.98 Å². The van der Waals surface area contributed by atoms with Crippen molar-refractivity contribution in [1.82, 2.24) is 15.5 Å². The highest BCUT2D eigenvalue weighted by molar-refractivity contribution is 4.93. The lowest BCUT2D eigenvalue weighted by molar-refractivity contribution is 0.311. The highest BCUT2D eigenvalue weighted by Gasteiger charge is 2.18. The molecule has 1 atom stereocenters. The van der Waals surface area contributed by atoms with Gasteiger partial charge in [0.15, 0.2) is 5.82 Å².